The van der Waals surface area contributed by atoms with Crippen LogP contribution in [0.25, 0.3) is 0 Å². The first-order chi connectivity index (χ1) is 12.8. The molecule has 0 aliphatic carbocycles. The molecule has 0 aromatic carbocycles. The number of hydrogen-bond donors (Lipinski definition) is 0. The minimum absolute atomic E-state index is 0.00637. The maximum absolute atomic E-state index is 13.4. The molecule has 0 amide bonds. The molecule has 0 N–H and O–H groups in total. The van der Waals surface area contributed by atoms with Crippen molar-refractivity contribution >= 4 is 17.9 Å². The van der Waals surface area contributed by atoms with Crippen molar-refractivity contribution in [2.75, 3.05) is 19.8 Å². The number of carbonyl (C=O) groups is 3. The van der Waals surface area contributed by atoms with Gasteiger partial charge in [0.1, 0.15) is 19.8 Å². The van der Waals surface area contributed by atoms with Crippen LogP contribution in [0.3, 0.4) is 0 Å². The van der Waals surface area contributed by atoms with Gasteiger partial charge in [-0.15, -0.1) is 0 Å². The first-order valence-electron chi connectivity index (χ1n) is 8.69. The number of halogens is 4. The molecule has 0 aliphatic heterocycles. The summed E-state index contributed by atoms with van der Waals surface area (Å²) < 4.78 is 67.8. The Hall–Kier alpha value is -2.13. The number of ether oxygens (including phenoxy) is 3. The maximum atomic E-state index is 13.4. The Bertz CT molecular complexity index is 557. The molecule has 0 radical (unpaired) electrons. The third-order valence-corrected chi connectivity index (χ3v) is 4.11. The highest BCUT2D eigenvalue weighted by atomic mass is 19.3. The van der Waals surface area contributed by atoms with Crippen molar-refractivity contribution in [2.24, 2.45) is 5.41 Å². The fourth-order valence-electron chi connectivity index (χ4n) is 1.71. The van der Waals surface area contributed by atoms with Gasteiger partial charge < -0.3 is 14.2 Å². The predicted molar refractivity (Wildman–Crippen MR) is 90.9 cm³/mol. The number of carbonyl (C=O) groups excluding carboxylic acids is 3. The molecule has 0 bridgehead atoms. The van der Waals surface area contributed by atoms with Gasteiger partial charge >= 0.3 is 29.8 Å². The van der Waals surface area contributed by atoms with Crippen LogP contribution in [0.15, 0.2) is 12.2 Å². The lowest BCUT2D eigenvalue weighted by molar-refractivity contribution is -0.186. The van der Waals surface area contributed by atoms with E-state index in [9.17, 15) is 31.9 Å². The van der Waals surface area contributed by atoms with Gasteiger partial charge in [-0.3, -0.25) is 0 Å². The second-order valence-electron chi connectivity index (χ2n) is 6.48. The molecule has 0 rings (SSSR count). The molecule has 0 saturated heterocycles. The Morgan fingerprint density at radius 1 is 0.750 bits per heavy atom. The summed E-state index contributed by atoms with van der Waals surface area (Å²) in [6.07, 6.45) is -1.59. The molecule has 0 atom stereocenters. The lowest BCUT2D eigenvalue weighted by atomic mass is 9.88. The van der Waals surface area contributed by atoms with Gasteiger partial charge in [-0.2, -0.15) is 17.6 Å². The zero-order valence-electron chi connectivity index (χ0n) is 16.4. The highest BCUT2D eigenvalue weighted by Gasteiger charge is 2.43. The number of esters is 3. The van der Waals surface area contributed by atoms with Crippen LogP contribution in [0.2, 0.25) is 0 Å². The number of alkyl halides is 4. The quantitative estimate of drug-likeness (QED) is 0.210. The molecule has 0 spiro atoms. The monoisotopic (exact) mass is 414 g/mol. The summed E-state index contributed by atoms with van der Waals surface area (Å²) in [6.45, 7) is 6.42. The average Bonchev–Trinajstić information content (AvgIpc) is 2.66. The van der Waals surface area contributed by atoms with Crippen molar-refractivity contribution < 1.29 is 46.2 Å². The van der Waals surface area contributed by atoms with E-state index >= 15 is 0 Å². The van der Waals surface area contributed by atoms with Crippen LogP contribution in [-0.4, -0.2) is 49.6 Å². The Kier molecular flexibility index (Phi) is 9.63. The summed E-state index contributed by atoms with van der Waals surface area (Å²) in [5.41, 5.74) is -1.45. The zero-order valence-corrected chi connectivity index (χ0v) is 16.4. The Balaban J connectivity index is 5.36. The van der Waals surface area contributed by atoms with Crippen LogP contribution < -0.4 is 0 Å². The summed E-state index contributed by atoms with van der Waals surface area (Å²) in [4.78, 5) is 34.7. The van der Waals surface area contributed by atoms with Crippen LogP contribution >= 0.6 is 0 Å². The summed E-state index contributed by atoms with van der Waals surface area (Å²) in [7, 11) is 0. The van der Waals surface area contributed by atoms with Gasteiger partial charge in [0.2, 0.25) is 0 Å². The summed E-state index contributed by atoms with van der Waals surface area (Å²) in [5.74, 6) is -11.9. The van der Waals surface area contributed by atoms with Crippen molar-refractivity contribution in [2.45, 2.75) is 58.8 Å². The van der Waals surface area contributed by atoms with E-state index in [1.807, 2.05) is 0 Å². The Labute approximate surface area is 161 Å². The van der Waals surface area contributed by atoms with Gasteiger partial charge in [-0.25, -0.2) is 14.4 Å². The fourth-order valence-corrected chi connectivity index (χ4v) is 1.71. The van der Waals surface area contributed by atoms with Crippen LogP contribution in [0, 0.1) is 5.41 Å². The Morgan fingerprint density at radius 3 is 1.39 bits per heavy atom. The molecule has 28 heavy (non-hydrogen) atoms. The van der Waals surface area contributed by atoms with E-state index in [2.05, 4.69) is 16.1 Å². The maximum Gasteiger partial charge on any atom is 0.376 e. The average molecular weight is 414 g/mol. The molecule has 0 heterocycles. The van der Waals surface area contributed by atoms with Gasteiger partial charge in [0, 0.05) is 18.4 Å². The molecule has 10 heteroatoms. The van der Waals surface area contributed by atoms with E-state index in [0.29, 0.717) is 0 Å². The number of rotatable bonds is 12. The zero-order chi connectivity index (χ0) is 22.2. The van der Waals surface area contributed by atoms with Crippen molar-refractivity contribution in [1.29, 1.82) is 0 Å². The van der Waals surface area contributed by atoms with Gasteiger partial charge in [0.05, 0.1) is 5.41 Å². The molecule has 0 unspecified atom stereocenters. The number of hydrogen-bond acceptors (Lipinski definition) is 6. The van der Waals surface area contributed by atoms with E-state index in [0.717, 1.165) is 13.8 Å². The minimum atomic E-state index is -3.74. The molecule has 6 nitrogen and oxygen atoms in total. The van der Waals surface area contributed by atoms with Crippen molar-refractivity contribution in [3.63, 3.8) is 0 Å². The smallest absolute Gasteiger partial charge is 0.376 e. The molecule has 0 saturated carbocycles. The molecule has 162 valence electrons. The lowest BCUT2D eigenvalue weighted by Gasteiger charge is -2.32. The predicted octanol–water partition coefficient (Wildman–Crippen LogP) is 3.68. The van der Waals surface area contributed by atoms with Gasteiger partial charge in [-0.1, -0.05) is 27.4 Å². The minimum Gasteiger partial charge on any atom is -0.461 e. The molecule has 0 fully saturated rings. The van der Waals surface area contributed by atoms with E-state index in [1.54, 1.807) is 0 Å². The van der Waals surface area contributed by atoms with Gasteiger partial charge in [0.25, 0.3) is 0 Å². The second-order valence-corrected chi connectivity index (χ2v) is 6.48. The van der Waals surface area contributed by atoms with Crippen molar-refractivity contribution in [1.82, 2.24) is 0 Å². The normalized spacial score (nSPS) is 12.3. The SMILES string of the molecule is C=C(C)C(=O)OCC(CC)(COC(=O)C(F)(F)CC)COC(=O)C(F)(F)CC. The Morgan fingerprint density at radius 2 is 1.11 bits per heavy atom. The molecule has 0 aromatic heterocycles. The van der Waals surface area contributed by atoms with Crippen molar-refractivity contribution in [3.8, 4) is 0 Å². The molecular formula is C18H26F4O6. The largest absolute Gasteiger partial charge is 0.461 e. The second kappa shape index (κ2) is 10.4. The standard InChI is InChI=1S/C18H26F4O6/c1-6-16(9-26-13(23)12(4)5,10-27-14(24)17(19,20)7-2)11-28-15(25)18(21,22)8-3/h4,6-11H2,1-3,5H3. The van der Waals surface area contributed by atoms with Gasteiger partial charge in [-0.05, 0) is 13.3 Å². The first kappa shape index (κ1) is 25.9. The molecule has 0 aliphatic rings. The third kappa shape index (κ3) is 7.47. The highest BCUT2D eigenvalue weighted by Crippen LogP contribution is 2.29. The summed E-state index contributed by atoms with van der Waals surface area (Å²) in [5, 5.41) is 0. The van der Waals surface area contributed by atoms with Gasteiger partial charge in [0.15, 0.2) is 0 Å². The van der Waals surface area contributed by atoms with Crippen LogP contribution in [-0.2, 0) is 28.6 Å². The lowest BCUT2D eigenvalue weighted by Crippen LogP contribution is -2.43. The van der Waals surface area contributed by atoms with Crippen LogP contribution in [0.1, 0.15) is 47.0 Å². The van der Waals surface area contributed by atoms with E-state index < -0.39 is 67.8 Å². The fraction of sp³-hybridized carbons (Fsp3) is 0.722. The highest BCUT2D eigenvalue weighted by molar-refractivity contribution is 5.87. The topological polar surface area (TPSA) is 78.9 Å². The summed E-state index contributed by atoms with van der Waals surface area (Å²) in [6, 6.07) is 0. The van der Waals surface area contributed by atoms with E-state index in [-0.39, 0.29) is 12.0 Å². The first-order valence-corrected chi connectivity index (χ1v) is 8.69. The van der Waals surface area contributed by atoms with Crippen LogP contribution in [0.5, 0.6) is 0 Å². The van der Waals surface area contributed by atoms with E-state index in [4.69, 9.17) is 4.74 Å². The molecular weight excluding hydrogens is 388 g/mol. The third-order valence-electron chi connectivity index (χ3n) is 4.11. The van der Waals surface area contributed by atoms with Crippen molar-refractivity contribution in [3.05, 3.63) is 12.2 Å². The van der Waals surface area contributed by atoms with E-state index in [1.165, 1.54) is 13.8 Å². The summed E-state index contributed by atoms with van der Waals surface area (Å²) >= 11 is 0. The molecule has 0 aromatic rings. The van der Waals surface area contributed by atoms with Crippen LogP contribution in [0.4, 0.5) is 17.6 Å².